The van der Waals surface area contributed by atoms with Crippen LogP contribution in [0.25, 0.3) is 0 Å². The average Bonchev–Trinajstić information content (AvgIpc) is 3.09. The molecule has 3 rings (SSSR count). The molecule has 0 aliphatic heterocycles. The summed E-state index contributed by atoms with van der Waals surface area (Å²) < 4.78 is 13.7. The third kappa shape index (κ3) is 3.68. The largest absolute Gasteiger partial charge is 0.333 e. The van der Waals surface area contributed by atoms with Crippen LogP contribution in [0.1, 0.15) is 22.2 Å². The Kier molecular flexibility index (Phi) is 5.01. The van der Waals surface area contributed by atoms with Crippen LogP contribution in [0, 0.1) is 5.82 Å². The summed E-state index contributed by atoms with van der Waals surface area (Å²) in [5.74, 6) is -0.357. The lowest BCUT2D eigenvalue weighted by Gasteiger charge is -2.28. The Morgan fingerprint density at radius 2 is 2.08 bits per heavy atom. The minimum atomic E-state index is -0.422. The lowest BCUT2D eigenvalue weighted by molar-refractivity contribution is -0.130. The minimum Gasteiger partial charge on any atom is -0.333 e. The van der Waals surface area contributed by atoms with Crippen LogP contribution < -0.4 is 0 Å². The molecule has 2 aromatic heterocycles. The van der Waals surface area contributed by atoms with Gasteiger partial charge < -0.3 is 4.90 Å². The molecule has 0 radical (unpaired) electrons. The van der Waals surface area contributed by atoms with E-state index in [1.54, 1.807) is 35.5 Å². The van der Waals surface area contributed by atoms with Crippen molar-refractivity contribution in [2.24, 2.45) is 0 Å². The summed E-state index contributed by atoms with van der Waals surface area (Å²) in [7, 11) is 1.74. The molecule has 0 N–H and O–H groups in total. The van der Waals surface area contributed by atoms with Gasteiger partial charge in [-0.05, 0) is 41.3 Å². The lowest BCUT2D eigenvalue weighted by Crippen LogP contribution is -2.33. The van der Waals surface area contributed by atoms with Gasteiger partial charge in [0, 0.05) is 18.1 Å². The molecule has 0 aliphatic carbocycles. The van der Waals surface area contributed by atoms with E-state index >= 15 is 0 Å². The van der Waals surface area contributed by atoms with Crippen molar-refractivity contribution < 1.29 is 9.18 Å². The SMILES string of the molecule is CN(C(=O)Cc1cccs1)[C@H](c1cccc(F)c1)c1ccccn1. The molecule has 0 aliphatic rings. The zero-order chi connectivity index (χ0) is 16.9. The summed E-state index contributed by atoms with van der Waals surface area (Å²) >= 11 is 1.55. The van der Waals surface area contributed by atoms with E-state index in [2.05, 4.69) is 4.98 Å². The number of benzene rings is 1. The maximum Gasteiger partial charge on any atom is 0.228 e. The fourth-order valence-electron chi connectivity index (χ4n) is 2.64. The van der Waals surface area contributed by atoms with Crippen molar-refractivity contribution in [3.05, 3.63) is 88.1 Å². The molecule has 122 valence electrons. The predicted molar refractivity (Wildman–Crippen MR) is 93.3 cm³/mol. The molecule has 1 amide bonds. The van der Waals surface area contributed by atoms with Crippen LogP contribution in [-0.4, -0.2) is 22.8 Å². The van der Waals surface area contributed by atoms with Crippen molar-refractivity contribution in [1.82, 2.24) is 9.88 Å². The van der Waals surface area contributed by atoms with Gasteiger partial charge in [0.25, 0.3) is 0 Å². The van der Waals surface area contributed by atoms with Crippen LogP contribution in [-0.2, 0) is 11.2 Å². The number of aromatic nitrogens is 1. The molecule has 1 aromatic carbocycles. The molecule has 0 fully saturated rings. The monoisotopic (exact) mass is 340 g/mol. The van der Waals surface area contributed by atoms with E-state index in [0.717, 1.165) is 4.88 Å². The van der Waals surface area contributed by atoms with Gasteiger partial charge in [-0.3, -0.25) is 9.78 Å². The fourth-order valence-corrected chi connectivity index (χ4v) is 3.33. The van der Waals surface area contributed by atoms with Gasteiger partial charge in [-0.25, -0.2) is 4.39 Å². The van der Waals surface area contributed by atoms with Gasteiger partial charge in [-0.2, -0.15) is 0 Å². The maximum atomic E-state index is 13.7. The molecular weight excluding hydrogens is 323 g/mol. The zero-order valence-electron chi connectivity index (χ0n) is 13.2. The molecule has 0 unspecified atom stereocenters. The third-order valence-corrected chi connectivity index (χ3v) is 4.69. The second-order valence-corrected chi connectivity index (χ2v) is 6.51. The van der Waals surface area contributed by atoms with E-state index in [9.17, 15) is 9.18 Å². The first-order valence-electron chi connectivity index (χ1n) is 7.59. The van der Waals surface area contributed by atoms with Gasteiger partial charge in [0.05, 0.1) is 18.2 Å². The van der Waals surface area contributed by atoms with Gasteiger partial charge >= 0.3 is 0 Å². The van der Waals surface area contributed by atoms with E-state index in [1.807, 2.05) is 41.8 Å². The highest BCUT2D eigenvalue weighted by molar-refractivity contribution is 7.10. The maximum absolute atomic E-state index is 13.7. The predicted octanol–water partition coefficient (Wildman–Crippen LogP) is 4.07. The zero-order valence-corrected chi connectivity index (χ0v) is 14.0. The van der Waals surface area contributed by atoms with E-state index in [-0.39, 0.29) is 11.7 Å². The van der Waals surface area contributed by atoms with Crippen molar-refractivity contribution in [2.45, 2.75) is 12.5 Å². The Morgan fingerprint density at radius 1 is 1.21 bits per heavy atom. The highest BCUT2D eigenvalue weighted by Crippen LogP contribution is 2.27. The summed E-state index contributed by atoms with van der Waals surface area (Å²) in [6.45, 7) is 0. The quantitative estimate of drug-likeness (QED) is 0.701. The first kappa shape index (κ1) is 16.3. The van der Waals surface area contributed by atoms with E-state index in [1.165, 1.54) is 12.1 Å². The van der Waals surface area contributed by atoms with Gasteiger partial charge in [-0.1, -0.05) is 24.3 Å². The Hall–Kier alpha value is -2.53. The molecule has 3 aromatic rings. The van der Waals surface area contributed by atoms with Crippen LogP contribution in [0.2, 0.25) is 0 Å². The lowest BCUT2D eigenvalue weighted by atomic mass is 10.0. The molecule has 0 saturated heterocycles. The highest BCUT2D eigenvalue weighted by atomic mass is 32.1. The molecular formula is C19H17FN2OS. The van der Waals surface area contributed by atoms with Crippen LogP contribution in [0.15, 0.2) is 66.2 Å². The summed E-state index contributed by atoms with van der Waals surface area (Å²) in [5, 5.41) is 1.95. The van der Waals surface area contributed by atoms with Crippen molar-refractivity contribution in [2.75, 3.05) is 7.05 Å². The fraction of sp³-hybridized carbons (Fsp3) is 0.158. The number of carbonyl (C=O) groups is 1. The van der Waals surface area contributed by atoms with Crippen molar-refractivity contribution in [3.8, 4) is 0 Å². The normalized spacial score (nSPS) is 11.9. The molecule has 3 nitrogen and oxygen atoms in total. The van der Waals surface area contributed by atoms with Gasteiger partial charge in [0.15, 0.2) is 0 Å². The Labute approximate surface area is 144 Å². The van der Waals surface area contributed by atoms with Crippen LogP contribution in [0.3, 0.4) is 0 Å². The van der Waals surface area contributed by atoms with Crippen molar-refractivity contribution in [1.29, 1.82) is 0 Å². The van der Waals surface area contributed by atoms with E-state index < -0.39 is 6.04 Å². The first-order valence-corrected chi connectivity index (χ1v) is 8.47. The van der Waals surface area contributed by atoms with Crippen LogP contribution >= 0.6 is 11.3 Å². The number of hydrogen-bond donors (Lipinski definition) is 0. The van der Waals surface area contributed by atoms with Crippen molar-refractivity contribution >= 4 is 17.2 Å². The number of thiophene rings is 1. The summed E-state index contributed by atoms with van der Waals surface area (Å²) in [6, 6.07) is 15.3. The number of carbonyl (C=O) groups excluding carboxylic acids is 1. The molecule has 0 spiro atoms. The number of halogens is 1. The average molecular weight is 340 g/mol. The van der Waals surface area contributed by atoms with Crippen LogP contribution in [0.5, 0.6) is 0 Å². The number of rotatable bonds is 5. The topological polar surface area (TPSA) is 33.2 Å². The third-order valence-electron chi connectivity index (χ3n) is 3.82. The van der Waals surface area contributed by atoms with E-state index in [4.69, 9.17) is 0 Å². The number of hydrogen-bond acceptors (Lipinski definition) is 3. The summed E-state index contributed by atoms with van der Waals surface area (Å²) in [4.78, 5) is 19.7. The number of nitrogens with zero attached hydrogens (tertiary/aromatic N) is 2. The number of pyridine rings is 1. The second kappa shape index (κ2) is 7.36. The Morgan fingerprint density at radius 3 is 2.75 bits per heavy atom. The minimum absolute atomic E-state index is 0.0302. The summed E-state index contributed by atoms with van der Waals surface area (Å²) in [6.07, 6.45) is 2.01. The second-order valence-electron chi connectivity index (χ2n) is 5.47. The summed E-state index contributed by atoms with van der Waals surface area (Å²) in [5.41, 5.74) is 1.42. The van der Waals surface area contributed by atoms with Crippen molar-refractivity contribution in [3.63, 3.8) is 0 Å². The Bertz CT molecular complexity index is 805. The van der Waals surface area contributed by atoms with Gasteiger partial charge in [-0.15, -0.1) is 11.3 Å². The van der Waals surface area contributed by atoms with Gasteiger partial charge in [0.1, 0.15) is 5.82 Å². The molecule has 24 heavy (non-hydrogen) atoms. The molecule has 1 atom stereocenters. The van der Waals surface area contributed by atoms with Crippen LogP contribution in [0.4, 0.5) is 4.39 Å². The van der Waals surface area contributed by atoms with E-state index in [0.29, 0.717) is 17.7 Å². The standard InChI is InChI=1S/C19H17FN2OS/c1-22(18(23)13-16-8-5-11-24-16)19(17-9-2-3-10-21-17)14-6-4-7-15(20)12-14/h2-12,19H,13H2,1H3/t19-/m1/s1. The molecule has 0 saturated carbocycles. The first-order chi connectivity index (χ1) is 11.6. The number of amides is 1. The Balaban J connectivity index is 1.93. The molecule has 2 heterocycles. The molecule has 0 bridgehead atoms. The molecule has 5 heteroatoms. The van der Waals surface area contributed by atoms with Gasteiger partial charge in [0.2, 0.25) is 5.91 Å². The number of likely N-dealkylation sites (N-methyl/N-ethyl adjacent to an activating group) is 1. The highest BCUT2D eigenvalue weighted by Gasteiger charge is 2.25. The smallest absolute Gasteiger partial charge is 0.228 e.